The highest BCUT2D eigenvalue weighted by Gasteiger charge is 2.18. The smallest absolute Gasteiger partial charge is 0.258 e. The lowest BCUT2D eigenvalue weighted by Crippen LogP contribution is -2.23. The highest BCUT2D eigenvalue weighted by atomic mass is 19.1. The summed E-state index contributed by atoms with van der Waals surface area (Å²) >= 11 is 0. The van der Waals surface area contributed by atoms with E-state index in [4.69, 9.17) is 9.47 Å². The second-order valence-corrected chi connectivity index (χ2v) is 7.62. The molecule has 34 heavy (non-hydrogen) atoms. The van der Waals surface area contributed by atoms with Crippen molar-refractivity contribution < 1.29 is 23.0 Å². The molecule has 0 unspecified atom stereocenters. The van der Waals surface area contributed by atoms with Gasteiger partial charge >= 0.3 is 0 Å². The van der Waals surface area contributed by atoms with Crippen LogP contribution in [0.25, 0.3) is 0 Å². The van der Waals surface area contributed by atoms with Crippen LogP contribution in [-0.4, -0.2) is 22.8 Å². The first kappa shape index (κ1) is 23.0. The maximum atomic E-state index is 13.6. The molecule has 8 heteroatoms. The summed E-state index contributed by atoms with van der Waals surface area (Å²) in [5.41, 5.74) is 2.40. The average molecular weight is 463 g/mol. The number of halogens is 2. The monoisotopic (exact) mass is 463 g/mol. The number of amides is 1. The van der Waals surface area contributed by atoms with Crippen LogP contribution in [0.2, 0.25) is 0 Å². The number of nitrogens with zero attached hydrogens (tertiary/aromatic N) is 2. The second kappa shape index (κ2) is 10.6. The molecule has 0 aliphatic heterocycles. The van der Waals surface area contributed by atoms with Crippen LogP contribution in [0, 0.1) is 11.6 Å². The fraction of sp³-hybridized carbons (Fsp3) is 0.154. The first-order chi connectivity index (χ1) is 16.5. The summed E-state index contributed by atoms with van der Waals surface area (Å²) in [6.07, 6.45) is 1.55. The largest absolute Gasteiger partial charge is 0.497 e. The molecule has 0 radical (unpaired) electrons. The third-order valence-corrected chi connectivity index (χ3v) is 5.08. The Morgan fingerprint density at radius 1 is 0.941 bits per heavy atom. The Morgan fingerprint density at radius 2 is 1.62 bits per heavy atom. The van der Waals surface area contributed by atoms with Gasteiger partial charge in [0.1, 0.15) is 29.6 Å². The van der Waals surface area contributed by atoms with Crippen LogP contribution in [0.5, 0.6) is 11.6 Å². The molecule has 4 aromatic rings. The normalized spacial score (nSPS) is 10.7. The number of aromatic nitrogens is 2. The van der Waals surface area contributed by atoms with Gasteiger partial charge in [-0.2, -0.15) is 0 Å². The molecule has 0 bridgehead atoms. The molecule has 0 saturated heterocycles. The molecule has 1 amide bonds. The van der Waals surface area contributed by atoms with Gasteiger partial charge in [0, 0.05) is 12.7 Å². The third kappa shape index (κ3) is 5.98. The Labute approximate surface area is 195 Å². The van der Waals surface area contributed by atoms with Gasteiger partial charge < -0.3 is 14.8 Å². The predicted octanol–water partition coefficient (Wildman–Crippen LogP) is 4.73. The lowest BCUT2D eigenvalue weighted by atomic mass is 10.2. The summed E-state index contributed by atoms with van der Waals surface area (Å²) in [6, 6.07) is 19.5. The van der Waals surface area contributed by atoms with Gasteiger partial charge in [0.05, 0.1) is 13.7 Å². The minimum atomic E-state index is -0.379. The number of methoxy groups -OCH3 is 1. The van der Waals surface area contributed by atoms with E-state index in [2.05, 4.69) is 10.4 Å². The summed E-state index contributed by atoms with van der Waals surface area (Å²) in [6.45, 7) is 0.578. The highest BCUT2D eigenvalue weighted by molar-refractivity contribution is 5.96. The summed E-state index contributed by atoms with van der Waals surface area (Å²) < 4.78 is 39.5. The Bertz CT molecular complexity index is 1270. The van der Waals surface area contributed by atoms with Crippen LogP contribution in [0.4, 0.5) is 8.78 Å². The molecule has 4 rings (SSSR count). The zero-order chi connectivity index (χ0) is 23.9. The highest BCUT2D eigenvalue weighted by Crippen LogP contribution is 2.20. The predicted molar refractivity (Wildman–Crippen MR) is 123 cm³/mol. The van der Waals surface area contributed by atoms with Crippen molar-refractivity contribution >= 4 is 5.91 Å². The molecule has 0 atom stereocenters. The molecule has 1 N–H and O–H groups in total. The zero-order valence-corrected chi connectivity index (χ0v) is 18.5. The number of hydrogen-bond donors (Lipinski definition) is 1. The van der Waals surface area contributed by atoms with Gasteiger partial charge in [-0.3, -0.25) is 9.48 Å². The molecule has 174 valence electrons. The number of benzene rings is 3. The van der Waals surface area contributed by atoms with E-state index in [1.807, 2.05) is 24.3 Å². The molecule has 0 aliphatic carbocycles. The first-order valence-corrected chi connectivity index (χ1v) is 10.6. The van der Waals surface area contributed by atoms with Gasteiger partial charge in [0.25, 0.3) is 5.91 Å². The van der Waals surface area contributed by atoms with Crippen LogP contribution in [0.15, 0.2) is 79.0 Å². The molecular weight excluding hydrogens is 440 g/mol. The van der Waals surface area contributed by atoms with Crippen molar-refractivity contribution in [3.05, 3.63) is 113 Å². The summed E-state index contributed by atoms with van der Waals surface area (Å²) in [5, 5.41) is 7.23. The van der Waals surface area contributed by atoms with E-state index in [-0.39, 0.29) is 42.1 Å². The maximum Gasteiger partial charge on any atom is 0.258 e. The minimum Gasteiger partial charge on any atom is -0.497 e. The topological polar surface area (TPSA) is 65.4 Å². The first-order valence-electron chi connectivity index (χ1n) is 10.6. The van der Waals surface area contributed by atoms with Crippen molar-refractivity contribution in [2.45, 2.75) is 19.7 Å². The second-order valence-electron chi connectivity index (χ2n) is 7.62. The molecule has 0 saturated carbocycles. The van der Waals surface area contributed by atoms with Crippen molar-refractivity contribution in [2.75, 3.05) is 7.11 Å². The van der Waals surface area contributed by atoms with E-state index >= 15 is 0 Å². The van der Waals surface area contributed by atoms with Gasteiger partial charge in [-0.05, 0) is 53.1 Å². The standard InChI is InChI=1S/C26H23F2N3O3/c1-33-23-10-8-18(9-11-23)14-29-25(32)24-16-31(15-19-4-2-6-21(27)12-19)30-26(24)34-17-20-5-3-7-22(28)13-20/h2-13,16H,14-15,17H2,1H3,(H,29,32). The van der Waals surface area contributed by atoms with E-state index in [1.54, 1.807) is 37.6 Å². The third-order valence-electron chi connectivity index (χ3n) is 5.08. The van der Waals surface area contributed by atoms with Crippen LogP contribution in [-0.2, 0) is 19.7 Å². The molecule has 0 fully saturated rings. The fourth-order valence-corrected chi connectivity index (χ4v) is 3.37. The lowest BCUT2D eigenvalue weighted by molar-refractivity contribution is 0.0946. The van der Waals surface area contributed by atoms with Crippen LogP contribution < -0.4 is 14.8 Å². The van der Waals surface area contributed by atoms with Gasteiger partial charge in [-0.1, -0.05) is 36.4 Å². The van der Waals surface area contributed by atoms with Crippen molar-refractivity contribution in [1.29, 1.82) is 0 Å². The number of ether oxygens (including phenoxy) is 2. The Morgan fingerprint density at radius 3 is 2.29 bits per heavy atom. The number of nitrogens with one attached hydrogen (secondary N) is 1. The zero-order valence-electron chi connectivity index (χ0n) is 18.5. The Balaban J connectivity index is 1.52. The molecule has 0 spiro atoms. The lowest BCUT2D eigenvalue weighted by Gasteiger charge is -2.08. The average Bonchev–Trinajstić information content (AvgIpc) is 3.24. The van der Waals surface area contributed by atoms with Crippen molar-refractivity contribution in [3.8, 4) is 11.6 Å². The van der Waals surface area contributed by atoms with Crippen molar-refractivity contribution in [1.82, 2.24) is 15.1 Å². The fourth-order valence-electron chi connectivity index (χ4n) is 3.37. The van der Waals surface area contributed by atoms with E-state index in [1.165, 1.54) is 28.9 Å². The summed E-state index contributed by atoms with van der Waals surface area (Å²) in [5.74, 6) is -0.287. The molecule has 1 aromatic heterocycles. The SMILES string of the molecule is COc1ccc(CNC(=O)c2cn(Cc3cccc(F)c3)nc2OCc2cccc(F)c2)cc1. The van der Waals surface area contributed by atoms with Crippen LogP contribution in [0.3, 0.4) is 0 Å². The number of carbonyl (C=O) groups is 1. The van der Waals surface area contributed by atoms with Crippen molar-refractivity contribution in [2.24, 2.45) is 0 Å². The van der Waals surface area contributed by atoms with Gasteiger partial charge in [-0.25, -0.2) is 8.78 Å². The summed E-state index contributed by atoms with van der Waals surface area (Å²) in [7, 11) is 1.59. The van der Waals surface area contributed by atoms with E-state index in [0.29, 0.717) is 17.7 Å². The minimum absolute atomic E-state index is 0.0352. The van der Waals surface area contributed by atoms with E-state index < -0.39 is 0 Å². The van der Waals surface area contributed by atoms with Gasteiger partial charge in [-0.15, -0.1) is 5.10 Å². The van der Waals surface area contributed by atoms with Gasteiger partial charge in [0.15, 0.2) is 0 Å². The number of hydrogen-bond acceptors (Lipinski definition) is 4. The maximum absolute atomic E-state index is 13.6. The summed E-state index contributed by atoms with van der Waals surface area (Å²) in [4.78, 5) is 13.0. The number of rotatable bonds is 9. The van der Waals surface area contributed by atoms with E-state index in [0.717, 1.165) is 11.3 Å². The molecule has 6 nitrogen and oxygen atoms in total. The molecule has 3 aromatic carbocycles. The molecular formula is C26H23F2N3O3. The molecule has 1 heterocycles. The molecule has 0 aliphatic rings. The number of carbonyl (C=O) groups excluding carboxylic acids is 1. The van der Waals surface area contributed by atoms with Crippen LogP contribution >= 0.6 is 0 Å². The van der Waals surface area contributed by atoms with Crippen LogP contribution in [0.1, 0.15) is 27.0 Å². The quantitative estimate of drug-likeness (QED) is 0.390. The van der Waals surface area contributed by atoms with Gasteiger partial charge in [0.2, 0.25) is 5.88 Å². The Hall–Kier alpha value is -4.20. The Kier molecular flexibility index (Phi) is 7.17. The van der Waals surface area contributed by atoms with Crippen molar-refractivity contribution in [3.63, 3.8) is 0 Å². The van der Waals surface area contributed by atoms with E-state index in [9.17, 15) is 13.6 Å².